The summed E-state index contributed by atoms with van der Waals surface area (Å²) in [6.45, 7) is 0.970. The molecule has 0 bridgehead atoms. The number of rotatable bonds is 7. The summed E-state index contributed by atoms with van der Waals surface area (Å²) in [6.07, 6.45) is 2.80. The predicted octanol–water partition coefficient (Wildman–Crippen LogP) is 2.96. The molecule has 0 spiro atoms. The molecule has 1 N–H and O–H groups in total. The second-order valence-corrected chi connectivity index (χ2v) is 10.2. The average Bonchev–Trinajstić information content (AvgIpc) is 3.24. The summed E-state index contributed by atoms with van der Waals surface area (Å²) in [6, 6.07) is 3.33. The minimum atomic E-state index is -3.13. The first-order chi connectivity index (χ1) is 15.5. The Morgan fingerprint density at radius 3 is 2.76 bits per heavy atom. The quantitative estimate of drug-likeness (QED) is 0.255. The smallest absolute Gasteiger partial charge is 0.331 e. The van der Waals surface area contributed by atoms with Crippen LogP contribution in [0.2, 0.25) is 10.2 Å². The molecule has 1 aliphatic rings. The first kappa shape index (κ1) is 24.7. The third kappa shape index (κ3) is 6.09. The molecule has 176 valence electrons. The van der Waals surface area contributed by atoms with E-state index in [0.717, 1.165) is 12.1 Å². The van der Waals surface area contributed by atoms with E-state index in [1.54, 1.807) is 6.92 Å². The van der Waals surface area contributed by atoms with E-state index < -0.39 is 38.9 Å². The highest BCUT2D eigenvalue weighted by Crippen LogP contribution is 2.30. The minimum absolute atomic E-state index is 0.0556. The van der Waals surface area contributed by atoms with Crippen molar-refractivity contribution in [3.8, 4) is 0 Å². The van der Waals surface area contributed by atoms with Crippen LogP contribution >= 0.6 is 23.2 Å². The van der Waals surface area contributed by atoms with Gasteiger partial charge in [-0.05, 0) is 31.6 Å². The van der Waals surface area contributed by atoms with Gasteiger partial charge in [0.2, 0.25) is 0 Å². The fraction of sp³-hybridized carbons (Fsp3) is 0.316. The van der Waals surface area contributed by atoms with Crippen molar-refractivity contribution < 1.29 is 27.7 Å². The largest absolute Gasteiger partial charge is 0.452 e. The van der Waals surface area contributed by atoms with Crippen LogP contribution in [0.3, 0.4) is 0 Å². The second kappa shape index (κ2) is 9.89. The summed E-state index contributed by atoms with van der Waals surface area (Å²) < 4.78 is 29.7. The number of nitrogens with zero attached hydrogens (tertiary/aromatic N) is 3. The number of anilines is 1. The fourth-order valence-electron chi connectivity index (χ4n) is 3.22. The van der Waals surface area contributed by atoms with Crippen molar-refractivity contribution in [2.24, 2.45) is 0 Å². The Kier molecular flexibility index (Phi) is 7.40. The van der Waals surface area contributed by atoms with Gasteiger partial charge in [-0.1, -0.05) is 23.2 Å². The second-order valence-electron chi connectivity index (χ2n) is 7.20. The third-order valence-electron chi connectivity index (χ3n) is 4.79. The molecule has 33 heavy (non-hydrogen) atoms. The van der Waals surface area contributed by atoms with E-state index in [1.165, 1.54) is 22.9 Å². The van der Waals surface area contributed by atoms with E-state index in [1.807, 2.05) is 0 Å². The molecule has 0 saturated carbocycles. The van der Waals surface area contributed by atoms with Crippen LogP contribution < -0.4 is 5.32 Å². The minimum Gasteiger partial charge on any atom is -0.452 e. The summed E-state index contributed by atoms with van der Waals surface area (Å²) in [5, 5.41) is 17.9. The number of carbonyl (C=O) groups is 2. The Hall–Kier alpha value is -2.96. The topological polar surface area (TPSA) is 151 Å². The number of amides is 1. The Balaban J connectivity index is 1.60. The van der Waals surface area contributed by atoms with Crippen LogP contribution in [-0.4, -0.2) is 53.1 Å². The van der Waals surface area contributed by atoms with Gasteiger partial charge in [-0.2, -0.15) is 5.10 Å². The first-order valence-corrected chi connectivity index (χ1v) is 12.1. The molecule has 1 amide bonds. The summed E-state index contributed by atoms with van der Waals surface area (Å²) in [7, 11) is -3.13. The predicted molar refractivity (Wildman–Crippen MR) is 121 cm³/mol. The highest BCUT2D eigenvalue weighted by molar-refractivity contribution is 7.91. The maximum atomic E-state index is 12.0. The summed E-state index contributed by atoms with van der Waals surface area (Å²) in [5.74, 6) is -1.64. The molecule has 1 unspecified atom stereocenters. The summed E-state index contributed by atoms with van der Waals surface area (Å²) in [5.41, 5.74) is 0.407. The van der Waals surface area contributed by atoms with Crippen molar-refractivity contribution in [1.29, 1.82) is 0 Å². The van der Waals surface area contributed by atoms with E-state index in [9.17, 15) is 28.1 Å². The monoisotopic (exact) mass is 516 g/mol. The molecule has 1 aromatic carbocycles. The molecule has 2 heterocycles. The third-order valence-corrected chi connectivity index (χ3v) is 7.15. The number of aromatic nitrogens is 2. The molecule has 1 saturated heterocycles. The van der Waals surface area contributed by atoms with Gasteiger partial charge in [0, 0.05) is 22.7 Å². The Bertz CT molecular complexity index is 1260. The molecule has 1 aromatic heterocycles. The van der Waals surface area contributed by atoms with Gasteiger partial charge in [0.25, 0.3) is 11.6 Å². The van der Waals surface area contributed by atoms with Gasteiger partial charge < -0.3 is 10.1 Å². The van der Waals surface area contributed by atoms with Crippen molar-refractivity contribution in [3.05, 3.63) is 55.8 Å². The summed E-state index contributed by atoms with van der Waals surface area (Å²) in [4.78, 5) is 34.4. The molecule has 1 fully saturated rings. The van der Waals surface area contributed by atoms with Crippen molar-refractivity contribution in [1.82, 2.24) is 9.78 Å². The molecular formula is C19H18Cl2N4O7S. The highest BCUT2D eigenvalue weighted by Gasteiger charge is 2.31. The van der Waals surface area contributed by atoms with Gasteiger partial charge in [0.05, 0.1) is 28.2 Å². The molecule has 1 atom stereocenters. The van der Waals surface area contributed by atoms with Crippen molar-refractivity contribution >= 4 is 62.4 Å². The van der Waals surface area contributed by atoms with E-state index in [-0.39, 0.29) is 33.4 Å². The number of carbonyl (C=O) groups excluding carboxylic acids is 2. The summed E-state index contributed by atoms with van der Waals surface area (Å²) >= 11 is 12.1. The van der Waals surface area contributed by atoms with Crippen molar-refractivity contribution in [3.63, 3.8) is 0 Å². The SMILES string of the molecule is Cc1nn(C2CCS(=O)(=O)C2)c(Cl)c1/C=C/C(=O)OCC(=O)Nc1ccc(Cl)cc1[N+](=O)[O-]. The maximum Gasteiger partial charge on any atom is 0.331 e. The number of ether oxygens (including phenoxy) is 1. The zero-order valence-corrected chi connectivity index (χ0v) is 19.5. The van der Waals surface area contributed by atoms with E-state index in [2.05, 4.69) is 10.4 Å². The molecule has 0 aliphatic carbocycles. The Morgan fingerprint density at radius 1 is 1.39 bits per heavy atom. The maximum absolute atomic E-state index is 12.0. The number of hydrogen-bond donors (Lipinski definition) is 1. The highest BCUT2D eigenvalue weighted by atomic mass is 35.5. The van der Waals surface area contributed by atoms with Gasteiger partial charge in [0.1, 0.15) is 10.8 Å². The lowest BCUT2D eigenvalue weighted by Crippen LogP contribution is -2.20. The molecule has 11 nitrogen and oxygen atoms in total. The number of sulfone groups is 1. The molecular weight excluding hydrogens is 499 g/mol. The fourth-order valence-corrected chi connectivity index (χ4v) is 5.45. The molecule has 3 rings (SSSR count). The normalized spacial score (nSPS) is 17.2. The zero-order valence-electron chi connectivity index (χ0n) is 17.2. The molecule has 14 heteroatoms. The van der Waals surface area contributed by atoms with E-state index >= 15 is 0 Å². The Morgan fingerprint density at radius 2 is 2.12 bits per heavy atom. The number of esters is 1. The number of halogens is 2. The number of nitrogens with one attached hydrogen (secondary N) is 1. The van der Waals surface area contributed by atoms with Crippen LogP contribution in [0.5, 0.6) is 0 Å². The number of aryl methyl sites for hydroxylation is 1. The Labute approximate surface area is 198 Å². The van der Waals surface area contributed by atoms with Gasteiger partial charge in [-0.15, -0.1) is 0 Å². The van der Waals surface area contributed by atoms with Crippen LogP contribution in [0.25, 0.3) is 6.08 Å². The van der Waals surface area contributed by atoms with Crippen LogP contribution in [-0.2, 0) is 24.2 Å². The number of nitro benzene ring substituents is 1. The number of benzene rings is 1. The van der Waals surface area contributed by atoms with Crippen LogP contribution in [0.1, 0.15) is 23.7 Å². The van der Waals surface area contributed by atoms with Crippen molar-refractivity contribution in [2.45, 2.75) is 19.4 Å². The molecule has 1 aliphatic heterocycles. The van der Waals surface area contributed by atoms with Crippen LogP contribution in [0, 0.1) is 17.0 Å². The van der Waals surface area contributed by atoms with Gasteiger partial charge in [-0.3, -0.25) is 14.9 Å². The lowest BCUT2D eigenvalue weighted by atomic mass is 10.2. The van der Waals surface area contributed by atoms with E-state index in [4.69, 9.17) is 27.9 Å². The average molecular weight is 517 g/mol. The molecule has 2 aromatic rings. The van der Waals surface area contributed by atoms with E-state index in [0.29, 0.717) is 17.7 Å². The van der Waals surface area contributed by atoms with Crippen LogP contribution in [0.15, 0.2) is 24.3 Å². The molecule has 0 radical (unpaired) electrons. The van der Waals surface area contributed by atoms with Crippen LogP contribution in [0.4, 0.5) is 11.4 Å². The van der Waals surface area contributed by atoms with Gasteiger partial charge in [0.15, 0.2) is 16.4 Å². The lowest BCUT2D eigenvalue weighted by Gasteiger charge is -2.09. The zero-order chi connectivity index (χ0) is 24.3. The standard InChI is InChI=1S/C19H18Cl2N4O7S/c1-11-14(19(21)24(23-11)13-6-7-33(30,31)10-13)3-5-18(27)32-9-17(26)22-15-4-2-12(20)8-16(15)25(28)29/h2-5,8,13H,6-7,9-10H2,1H3,(H,22,26)/b5-3+. The first-order valence-electron chi connectivity index (χ1n) is 9.50. The van der Waals surface area contributed by atoms with Gasteiger partial charge in [-0.25, -0.2) is 17.9 Å². The number of nitro groups is 1. The van der Waals surface area contributed by atoms with Crippen molar-refractivity contribution in [2.75, 3.05) is 23.4 Å². The lowest BCUT2D eigenvalue weighted by molar-refractivity contribution is -0.383. The van der Waals surface area contributed by atoms with Gasteiger partial charge >= 0.3 is 5.97 Å². The number of hydrogen-bond acceptors (Lipinski definition) is 8.